The minimum absolute atomic E-state index is 0.530. The van der Waals surface area contributed by atoms with Crippen LogP contribution in [-0.4, -0.2) is 9.97 Å². The molecule has 0 spiro atoms. The fourth-order valence-corrected chi connectivity index (χ4v) is 1.86. The van der Waals surface area contributed by atoms with Gasteiger partial charge in [-0.25, -0.2) is 4.98 Å². The zero-order valence-electron chi connectivity index (χ0n) is 10.9. The Hall–Kier alpha value is -2.03. The van der Waals surface area contributed by atoms with E-state index in [1.165, 1.54) is 5.56 Å². The lowest BCUT2D eigenvalue weighted by Gasteiger charge is -2.04. The summed E-state index contributed by atoms with van der Waals surface area (Å²) in [5, 5.41) is 0. The molecule has 0 aliphatic carbocycles. The van der Waals surface area contributed by atoms with Crippen molar-refractivity contribution in [2.24, 2.45) is 5.92 Å². The minimum atomic E-state index is 0.530. The van der Waals surface area contributed by atoms with Crippen LogP contribution in [-0.2, 0) is 6.42 Å². The Morgan fingerprint density at radius 1 is 1.22 bits per heavy atom. The van der Waals surface area contributed by atoms with E-state index in [2.05, 4.69) is 48.1 Å². The van der Waals surface area contributed by atoms with Crippen LogP contribution in [0.3, 0.4) is 0 Å². The summed E-state index contributed by atoms with van der Waals surface area (Å²) >= 11 is 0. The molecule has 0 bridgehead atoms. The van der Waals surface area contributed by atoms with E-state index in [1.807, 2.05) is 12.2 Å². The van der Waals surface area contributed by atoms with Gasteiger partial charge in [0.15, 0.2) is 0 Å². The summed E-state index contributed by atoms with van der Waals surface area (Å²) in [6.07, 6.45) is 6.70. The molecular formula is C15H19N3. The fraction of sp³-hybridized carbons (Fsp3) is 0.267. The van der Waals surface area contributed by atoms with E-state index in [9.17, 15) is 0 Å². The highest BCUT2D eigenvalue weighted by Gasteiger charge is 1.98. The molecule has 3 N–H and O–H groups in total. The standard InChI is InChI=1S/C15H19N3/c1-11(2)9-13-5-3-12(4-6-13)7-8-14-15(16)18-10-17-14/h3-8,10-11H,9,16H2,1-2H3,(H,17,18)/b8-7+. The van der Waals surface area contributed by atoms with Crippen LogP contribution in [0.1, 0.15) is 30.7 Å². The molecule has 0 aliphatic heterocycles. The van der Waals surface area contributed by atoms with E-state index in [1.54, 1.807) is 6.33 Å². The molecular weight excluding hydrogens is 222 g/mol. The van der Waals surface area contributed by atoms with Crippen molar-refractivity contribution in [3.05, 3.63) is 47.4 Å². The maximum atomic E-state index is 5.69. The number of anilines is 1. The molecule has 2 aromatic rings. The highest BCUT2D eigenvalue weighted by molar-refractivity contribution is 5.72. The van der Waals surface area contributed by atoms with Crippen LogP contribution < -0.4 is 5.73 Å². The number of hydrogen-bond acceptors (Lipinski definition) is 2. The molecule has 0 radical (unpaired) electrons. The monoisotopic (exact) mass is 241 g/mol. The Morgan fingerprint density at radius 2 is 1.94 bits per heavy atom. The van der Waals surface area contributed by atoms with Gasteiger partial charge < -0.3 is 10.7 Å². The SMILES string of the molecule is CC(C)Cc1ccc(/C=C/c2[nH]cnc2N)cc1. The Labute approximate surface area is 108 Å². The first-order valence-corrected chi connectivity index (χ1v) is 6.21. The van der Waals surface area contributed by atoms with Crippen LogP contribution in [0.25, 0.3) is 12.2 Å². The number of rotatable bonds is 4. The van der Waals surface area contributed by atoms with Gasteiger partial charge >= 0.3 is 0 Å². The van der Waals surface area contributed by atoms with E-state index < -0.39 is 0 Å². The van der Waals surface area contributed by atoms with E-state index >= 15 is 0 Å². The molecule has 0 aliphatic rings. The predicted molar refractivity (Wildman–Crippen MR) is 76.9 cm³/mol. The molecule has 94 valence electrons. The van der Waals surface area contributed by atoms with Crippen molar-refractivity contribution >= 4 is 18.0 Å². The quantitative estimate of drug-likeness (QED) is 0.862. The van der Waals surface area contributed by atoms with Crippen molar-refractivity contribution < 1.29 is 0 Å². The largest absolute Gasteiger partial charge is 0.382 e. The molecule has 1 heterocycles. The molecule has 1 aromatic heterocycles. The first-order chi connectivity index (χ1) is 8.65. The summed E-state index contributed by atoms with van der Waals surface area (Å²) in [5.41, 5.74) is 9.08. The summed E-state index contributed by atoms with van der Waals surface area (Å²) in [4.78, 5) is 6.94. The van der Waals surface area contributed by atoms with Gasteiger partial charge in [0.1, 0.15) is 5.82 Å². The zero-order chi connectivity index (χ0) is 13.0. The molecule has 1 aromatic carbocycles. The minimum Gasteiger partial charge on any atom is -0.382 e. The number of imidazole rings is 1. The third-order valence-electron chi connectivity index (χ3n) is 2.77. The van der Waals surface area contributed by atoms with Crippen molar-refractivity contribution in [1.29, 1.82) is 0 Å². The molecule has 0 unspecified atom stereocenters. The van der Waals surface area contributed by atoms with E-state index in [4.69, 9.17) is 5.73 Å². The topological polar surface area (TPSA) is 54.7 Å². The number of aromatic nitrogens is 2. The normalized spacial score (nSPS) is 11.5. The van der Waals surface area contributed by atoms with Crippen molar-refractivity contribution in [2.75, 3.05) is 5.73 Å². The summed E-state index contributed by atoms with van der Waals surface area (Å²) in [6, 6.07) is 8.60. The van der Waals surface area contributed by atoms with Crippen LogP contribution in [0.2, 0.25) is 0 Å². The lowest BCUT2D eigenvalue weighted by atomic mass is 10.0. The van der Waals surface area contributed by atoms with Gasteiger partial charge in [0, 0.05) is 0 Å². The molecule has 18 heavy (non-hydrogen) atoms. The van der Waals surface area contributed by atoms with E-state index in [-0.39, 0.29) is 0 Å². The van der Waals surface area contributed by atoms with Crippen LogP contribution in [0.15, 0.2) is 30.6 Å². The van der Waals surface area contributed by atoms with Gasteiger partial charge in [-0.05, 0) is 29.5 Å². The first kappa shape index (κ1) is 12.4. The maximum Gasteiger partial charge on any atom is 0.148 e. The molecule has 0 saturated carbocycles. The number of benzene rings is 1. The maximum absolute atomic E-state index is 5.69. The smallest absolute Gasteiger partial charge is 0.148 e. The highest BCUT2D eigenvalue weighted by atomic mass is 15.0. The molecule has 0 amide bonds. The van der Waals surface area contributed by atoms with E-state index in [0.717, 1.165) is 17.7 Å². The number of hydrogen-bond donors (Lipinski definition) is 2. The molecule has 0 fully saturated rings. The Morgan fingerprint density at radius 3 is 2.50 bits per heavy atom. The Kier molecular flexibility index (Phi) is 3.82. The van der Waals surface area contributed by atoms with E-state index in [0.29, 0.717) is 11.7 Å². The number of nitrogens with zero attached hydrogens (tertiary/aromatic N) is 1. The number of nitrogens with one attached hydrogen (secondary N) is 1. The van der Waals surface area contributed by atoms with Gasteiger partial charge in [0.05, 0.1) is 12.0 Å². The van der Waals surface area contributed by atoms with Gasteiger partial charge in [0.25, 0.3) is 0 Å². The molecule has 0 saturated heterocycles. The van der Waals surface area contributed by atoms with Crippen molar-refractivity contribution in [2.45, 2.75) is 20.3 Å². The summed E-state index contributed by atoms with van der Waals surface area (Å²) < 4.78 is 0. The van der Waals surface area contributed by atoms with Gasteiger partial charge in [-0.1, -0.05) is 44.2 Å². The van der Waals surface area contributed by atoms with Gasteiger partial charge in [-0.15, -0.1) is 0 Å². The average molecular weight is 241 g/mol. The molecule has 3 heteroatoms. The van der Waals surface area contributed by atoms with Crippen molar-refractivity contribution in [1.82, 2.24) is 9.97 Å². The van der Waals surface area contributed by atoms with Crippen LogP contribution >= 0.6 is 0 Å². The predicted octanol–water partition coefficient (Wildman–Crippen LogP) is 3.36. The second kappa shape index (κ2) is 5.54. The van der Waals surface area contributed by atoms with Gasteiger partial charge in [0.2, 0.25) is 0 Å². The lowest BCUT2D eigenvalue weighted by molar-refractivity contribution is 0.647. The molecule has 2 rings (SSSR count). The van der Waals surface area contributed by atoms with Crippen LogP contribution in [0, 0.1) is 5.92 Å². The third-order valence-corrected chi connectivity index (χ3v) is 2.77. The summed E-state index contributed by atoms with van der Waals surface area (Å²) in [7, 11) is 0. The zero-order valence-corrected chi connectivity index (χ0v) is 10.9. The third kappa shape index (κ3) is 3.23. The number of nitrogen functional groups attached to an aromatic ring is 1. The van der Waals surface area contributed by atoms with Gasteiger partial charge in [-0.2, -0.15) is 0 Å². The number of aromatic amines is 1. The average Bonchev–Trinajstić information content (AvgIpc) is 2.73. The lowest BCUT2D eigenvalue weighted by Crippen LogP contribution is -1.93. The summed E-state index contributed by atoms with van der Waals surface area (Å²) in [6.45, 7) is 4.46. The second-order valence-electron chi connectivity index (χ2n) is 4.87. The van der Waals surface area contributed by atoms with Crippen LogP contribution in [0.5, 0.6) is 0 Å². The highest BCUT2D eigenvalue weighted by Crippen LogP contribution is 2.13. The van der Waals surface area contributed by atoms with Crippen LogP contribution in [0.4, 0.5) is 5.82 Å². The second-order valence-corrected chi connectivity index (χ2v) is 4.87. The summed E-state index contributed by atoms with van der Waals surface area (Å²) in [5.74, 6) is 1.22. The number of nitrogens with two attached hydrogens (primary N) is 1. The van der Waals surface area contributed by atoms with Crippen molar-refractivity contribution in [3.63, 3.8) is 0 Å². The Bertz CT molecular complexity index is 521. The van der Waals surface area contributed by atoms with Crippen molar-refractivity contribution in [3.8, 4) is 0 Å². The molecule has 3 nitrogen and oxygen atoms in total. The Balaban J connectivity index is 2.06. The van der Waals surface area contributed by atoms with Gasteiger partial charge in [-0.3, -0.25) is 0 Å². The fourth-order valence-electron chi connectivity index (χ4n) is 1.86. The first-order valence-electron chi connectivity index (χ1n) is 6.21. The number of H-pyrrole nitrogens is 1. The molecule has 0 atom stereocenters.